The van der Waals surface area contributed by atoms with Crippen molar-refractivity contribution < 1.29 is 22.4 Å². The lowest BCUT2D eigenvalue weighted by Crippen LogP contribution is -2.16. The highest BCUT2D eigenvalue weighted by Crippen LogP contribution is 2.32. The maximum Gasteiger partial charge on any atom is 0.433 e. The van der Waals surface area contributed by atoms with Crippen molar-refractivity contribution >= 4 is 17.2 Å². The molecule has 0 bridgehead atoms. The van der Waals surface area contributed by atoms with Crippen LogP contribution in [0, 0.1) is 13.8 Å². The van der Waals surface area contributed by atoms with E-state index in [-0.39, 0.29) is 22.8 Å². The first-order valence-corrected chi connectivity index (χ1v) is 8.63. The molecule has 1 aromatic carbocycles. The molecule has 0 unspecified atom stereocenters. The summed E-state index contributed by atoms with van der Waals surface area (Å²) in [5, 5.41) is 6.53. The molecule has 4 rings (SSSR count). The van der Waals surface area contributed by atoms with Crippen LogP contribution in [0.15, 0.2) is 53.1 Å². The van der Waals surface area contributed by atoms with Crippen molar-refractivity contribution in [1.29, 1.82) is 0 Å². The molecule has 29 heavy (non-hydrogen) atoms. The molecule has 3 heterocycles. The summed E-state index contributed by atoms with van der Waals surface area (Å²) in [5.41, 5.74) is 0.966. The summed E-state index contributed by atoms with van der Waals surface area (Å²) in [5.74, 6) is -0.447. The van der Waals surface area contributed by atoms with Crippen LogP contribution in [0.1, 0.15) is 27.3 Å². The van der Waals surface area contributed by atoms with Crippen LogP contribution in [-0.4, -0.2) is 20.5 Å². The number of halogens is 3. The summed E-state index contributed by atoms with van der Waals surface area (Å²) in [6.45, 7) is 3.69. The minimum absolute atomic E-state index is 0.00351. The van der Waals surface area contributed by atoms with Gasteiger partial charge in [0.2, 0.25) is 0 Å². The van der Waals surface area contributed by atoms with Gasteiger partial charge in [0.05, 0.1) is 6.26 Å². The molecule has 0 aliphatic heterocycles. The largest absolute Gasteiger partial charge is 0.463 e. The summed E-state index contributed by atoms with van der Waals surface area (Å²) < 4.78 is 46.5. The van der Waals surface area contributed by atoms with Gasteiger partial charge in [0, 0.05) is 11.8 Å². The molecule has 9 heteroatoms. The molecule has 0 saturated heterocycles. The van der Waals surface area contributed by atoms with E-state index in [4.69, 9.17) is 4.42 Å². The van der Waals surface area contributed by atoms with E-state index in [1.165, 1.54) is 18.4 Å². The van der Waals surface area contributed by atoms with E-state index in [9.17, 15) is 18.0 Å². The van der Waals surface area contributed by atoms with Crippen LogP contribution in [0.5, 0.6) is 0 Å². The molecule has 148 valence electrons. The first-order chi connectivity index (χ1) is 13.7. The number of amides is 1. The van der Waals surface area contributed by atoms with Gasteiger partial charge in [0.15, 0.2) is 22.8 Å². The Morgan fingerprint density at radius 1 is 1.14 bits per heavy atom. The molecule has 0 aliphatic carbocycles. The summed E-state index contributed by atoms with van der Waals surface area (Å²) in [6.07, 6.45) is -3.36. The van der Waals surface area contributed by atoms with Gasteiger partial charge in [-0.3, -0.25) is 4.79 Å². The van der Waals surface area contributed by atoms with Gasteiger partial charge in [-0.25, -0.2) is 9.50 Å². The lowest BCUT2D eigenvalue weighted by atomic mass is 10.1. The van der Waals surface area contributed by atoms with Crippen molar-refractivity contribution in [2.24, 2.45) is 0 Å². The molecule has 0 fully saturated rings. The van der Waals surface area contributed by atoms with Crippen LogP contribution in [0.25, 0.3) is 17.1 Å². The van der Waals surface area contributed by atoms with Crippen molar-refractivity contribution in [3.8, 4) is 11.5 Å². The molecule has 0 spiro atoms. The lowest BCUT2D eigenvalue weighted by molar-refractivity contribution is -0.142. The van der Waals surface area contributed by atoms with Crippen molar-refractivity contribution in [3.05, 3.63) is 71.2 Å². The number of hydrogen-bond acceptors (Lipinski definition) is 4. The van der Waals surface area contributed by atoms with E-state index >= 15 is 0 Å². The molecule has 1 N–H and O–H groups in total. The molecule has 0 atom stereocenters. The number of anilines is 1. The quantitative estimate of drug-likeness (QED) is 0.532. The Balaban J connectivity index is 1.78. The summed E-state index contributed by atoms with van der Waals surface area (Å²) >= 11 is 0. The van der Waals surface area contributed by atoms with Crippen molar-refractivity contribution in [3.63, 3.8) is 0 Å². The van der Waals surface area contributed by atoms with E-state index < -0.39 is 17.8 Å². The van der Waals surface area contributed by atoms with Crippen molar-refractivity contribution in [1.82, 2.24) is 14.6 Å². The van der Waals surface area contributed by atoms with E-state index in [1.807, 2.05) is 26.0 Å². The number of carbonyl (C=O) groups excluding carboxylic acids is 1. The fourth-order valence-electron chi connectivity index (χ4n) is 2.89. The van der Waals surface area contributed by atoms with E-state index in [0.29, 0.717) is 10.2 Å². The average molecular weight is 400 g/mol. The van der Waals surface area contributed by atoms with Gasteiger partial charge in [-0.1, -0.05) is 12.1 Å². The maximum absolute atomic E-state index is 13.6. The summed E-state index contributed by atoms with van der Waals surface area (Å²) in [6, 6.07) is 10.6. The van der Waals surface area contributed by atoms with Gasteiger partial charge < -0.3 is 9.73 Å². The number of aromatic nitrogens is 3. The molecule has 4 aromatic rings. The predicted molar refractivity (Wildman–Crippen MR) is 99.6 cm³/mol. The third-order valence-corrected chi connectivity index (χ3v) is 4.37. The first-order valence-electron chi connectivity index (χ1n) is 8.63. The monoisotopic (exact) mass is 400 g/mol. The Bertz CT molecular complexity index is 1210. The van der Waals surface area contributed by atoms with Crippen LogP contribution < -0.4 is 5.32 Å². The van der Waals surface area contributed by atoms with Crippen molar-refractivity contribution in [2.75, 3.05) is 5.32 Å². The number of alkyl halides is 3. The Hall–Kier alpha value is -3.62. The number of nitrogens with one attached hydrogen (secondary N) is 1. The van der Waals surface area contributed by atoms with Gasteiger partial charge in [0.1, 0.15) is 5.69 Å². The van der Waals surface area contributed by atoms with Gasteiger partial charge in [-0.15, -0.1) is 0 Å². The molecule has 1 amide bonds. The van der Waals surface area contributed by atoms with Gasteiger partial charge in [-0.05, 0) is 49.2 Å². The number of carbonyl (C=O) groups is 1. The number of rotatable bonds is 3. The second-order valence-electron chi connectivity index (χ2n) is 6.57. The van der Waals surface area contributed by atoms with E-state index in [1.54, 1.807) is 12.1 Å². The second-order valence-corrected chi connectivity index (χ2v) is 6.57. The number of benzene rings is 1. The minimum atomic E-state index is -4.70. The first kappa shape index (κ1) is 18.7. The predicted octanol–water partition coefficient (Wildman–Crippen LogP) is 4.88. The third-order valence-electron chi connectivity index (χ3n) is 4.37. The van der Waals surface area contributed by atoms with Gasteiger partial charge in [-0.2, -0.15) is 18.3 Å². The number of fused-ring (bicyclic) bond motifs is 1. The van der Waals surface area contributed by atoms with Gasteiger partial charge >= 0.3 is 6.18 Å². The van der Waals surface area contributed by atoms with E-state index in [0.717, 1.165) is 17.2 Å². The zero-order chi connectivity index (χ0) is 20.8. The lowest BCUT2D eigenvalue weighted by Gasteiger charge is -2.10. The highest BCUT2D eigenvalue weighted by Gasteiger charge is 2.36. The van der Waals surface area contributed by atoms with E-state index in [2.05, 4.69) is 15.4 Å². The highest BCUT2D eigenvalue weighted by atomic mass is 19.4. The van der Waals surface area contributed by atoms with Crippen LogP contribution in [0.4, 0.5) is 18.9 Å². The number of aryl methyl sites for hydroxylation is 2. The molecule has 0 radical (unpaired) electrons. The van der Waals surface area contributed by atoms with Crippen LogP contribution in [-0.2, 0) is 6.18 Å². The molecule has 0 aliphatic rings. The number of nitrogens with zero attached hydrogens (tertiary/aromatic N) is 3. The Labute approximate surface area is 163 Å². The maximum atomic E-state index is 13.6. The zero-order valence-electron chi connectivity index (χ0n) is 15.4. The molecule has 0 saturated carbocycles. The Morgan fingerprint density at radius 3 is 2.62 bits per heavy atom. The fraction of sp³-hybridized carbons (Fsp3) is 0.150. The summed E-state index contributed by atoms with van der Waals surface area (Å²) in [4.78, 5) is 16.8. The minimum Gasteiger partial charge on any atom is -0.463 e. The SMILES string of the molecule is Cc1ccc(C)c(NC(=O)c2cc3nc(-c4ccco4)cc(C(F)(F)F)n3n2)c1. The number of hydrogen-bond donors (Lipinski definition) is 1. The second kappa shape index (κ2) is 6.77. The van der Waals surface area contributed by atoms with Crippen LogP contribution >= 0.6 is 0 Å². The average Bonchev–Trinajstić information content (AvgIpc) is 3.32. The molecule has 6 nitrogen and oxygen atoms in total. The Morgan fingerprint density at radius 2 is 1.93 bits per heavy atom. The van der Waals surface area contributed by atoms with Crippen molar-refractivity contribution in [2.45, 2.75) is 20.0 Å². The highest BCUT2D eigenvalue weighted by molar-refractivity contribution is 6.04. The standard InChI is InChI=1S/C20H15F3N4O2/c1-11-5-6-12(2)13(8-11)25-19(28)15-10-18-24-14(16-4-3-7-29-16)9-17(20(21,22)23)27(18)26-15/h3-10H,1-2H3,(H,25,28). The molecular weight excluding hydrogens is 385 g/mol. The van der Waals surface area contributed by atoms with Gasteiger partial charge in [0.25, 0.3) is 5.91 Å². The Kier molecular flexibility index (Phi) is 4.37. The normalized spacial score (nSPS) is 11.8. The van der Waals surface area contributed by atoms with Crippen LogP contribution in [0.3, 0.4) is 0 Å². The zero-order valence-corrected chi connectivity index (χ0v) is 15.4. The topological polar surface area (TPSA) is 72.4 Å². The molecular formula is C20H15F3N4O2. The molecule has 3 aromatic heterocycles. The summed E-state index contributed by atoms with van der Waals surface area (Å²) in [7, 11) is 0. The number of furan rings is 1. The fourth-order valence-corrected chi connectivity index (χ4v) is 2.89. The van der Waals surface area contributed by atoms with Crippen LogP contribution in [0.2, 0.25) is 0 Å². The smallest absolute Gasteiger partial charge is 0.433 e. The third kappa shape index (κ3) is 3.58.